The Labute approximate surface area is 142 Å². The van der Waals surface area contributed by atoms with Gasteiger partial charge in [-0.15, -0.1) is 5.10 Å². The van der Waals surface area contributed by atoms with Crippen LogP contribution < -0.4 is 0 Å². The molecule has 1 atom stereocenters. The van der Waals surface area contributed by atoms with Crippen molar-refractivity contribution in [1.29, 1.82) is 0 Å². The van der Waals surface area contributed by atoms with Gasteiger partial charge in [-0.1, -0.05) is 5.21 Å². The SMILES string of the molecule is CC(C)n1cc([C@]2(O)CCCN(Cc3ncnn3C(C)C)C2)nn1. The summed E-state index contributed by atoms with van der Waals surface area (Å²) in [6.45, 7) is 10.4. The minimum absolute atomic E-state index is 0.235. The maximum absolute atomic E-state index is 11.1. The summed E-state index contributed by atoms with van der Waals surface area (Å²) in [5, 5.41) is 23.8. The third-order valence-corrected chi connectivity index (χ3v) is 4.57. The first-order valence-corrected chi connectivity index (χ1v) is 8.64. The van der Waals surface area contributed by atoms with Crippen molar-refractivity contribution >= 4 is 0 Å². The molecule has 2 aromatic rings. The van der Waals surface area contributed by atoms with E-state index in [0.717, 1.165) is 18.8 Å². The maximum Gasteiger partial charge on any atom is 0.141 e. The summed E-state index contributed by atoms with van der Waals surface area (Å²) in [5.74, 6) is 0.931. The Bertz CT molecular complexity index is 678. The lowest BCUT2D eigenvalue weighted by Crippen LogP contribution is -2.46. The Kier molecular flexibility index (Phi) is 4.69. The Hall–Kier alpha value is -1.80. The summed E-state index contributed by atoms with van der Waals surface area (Å²) in [6, 6.07) is 0.510. The topological polar surface area (TPSA) is 84.9 Å². The second kappa shape index (κ2) is 6.60. The van der Waals surface area contributed by atoms with E-state index in [-0.39, 0.29) is 12.1 Å². The molecule has 132 valence electrons. The molecule has 3 rings (SSSR count). The summed E-state index contributed by atoms with van der Waals surface area (Å²) < 4.78 is 3.73. The molecule has 0 aliphatic carbocycles. The van der Waals surface area contributed by atoms with Crippen LogP contribution in [0.25, 0.3) is 0 Å². The average Bonchev–Trinajstić information content (AvgIpc) is 3.16. The summed E-state index contributed by atoms with van der Waals surface area (Å²) in [4.78, 5) is 6.60. The van der Waals surface area contributed by atoms with Crippen molar-refractivity contribution in [3.05, 3.63) is 24.0 Å². The van der Waals surface area contributed by atoms with Gasteiger partial charge in [-0.2, -0.15) is 5.10 Å². The number of aliphatic hydroxyl groups is 1. The molecule has 1 aliphatic heterocycles. The van der Waals surface area contributed by atoms with Crippen LogP contribution in [0.5, 0.6) is 0 Å². The van der Waals surface area contributed by atoms with E-state index < -0.39 is 5.60 Å². The molecule has 0 bridgehead atoms. The highest BCUT2D eigenvalue weighted by Gasteiger charge is 2.38. The number of nitrogens with zero attached hydrogens (tertiary/aromatic N) is 7. The second-order valence-corrected chi connectivity index (χ2v) is 7.24. The summed E-state index contributed by atoms with van der Waals surface area (Å²) in [7, 11) is 0. The van der Waals surface area contributed by atoms with E-state index in [2.05, 4.69) is 53.0 Å². The molecule has 1 fully saturated rings. The van der Waals surface area contributed by atoms with E-state index in [1.54, 1.807) is 11.0 Å². The van der Waals surface area contributed by atoms with E-state index in [4.69, 9.17) is 0 Å². The fraction of sp³-hybridized carbons (Fsp3) is 0.750. The third kappa shape index (κ3) is 3.34. The molecule has 8 nitrogen and oxygen atoms in total. The minimum atomic E-state index is -0.950. The van der Waals surface area contributed by atoms with Gasteiger partial charge in [0.05, 0.1) is 12.7 Å². The molecule has 0 radical (unpaired) electrons. The Morgan fingerprint density at radius 2 is 2.04 bits per heavy atom. The molecule has 1 N–H and O–H groups in total. The lowest BCUT2D eigenvalue weighted by atomic mass is 9.90. The maximum atomic E-state index is 11.1. The molecule has 1 aliphatic rings. The molecule has 24 heavy (non-hydrogen) atoms. The van der Waals surface area contributed by atoms with Crippen LogP contribution in [-0.2, 0) is 12.1 Å². The number of piperidine rings is 1. The Balaban J connectivity index is 1.74. The normalized spacial score (nSPS) is 22.6. The van der Waals surface area contributed by atoms with Crippen molar-refractivity contribution in [2.45, 2.75) is 64.8 Å². The van der Waals surface area contributed by atoms with Crippen molar-refractivity contribution in [1.82, 2.24) is 34.7 Å². The standard InChI is InChI=1S/C16H27N7O/c1-12(2)22-8-14(19-20-22)16(24)6-5-7-21(10-16)9-15-17-11-18-23(15)13(3)4/h8,11-13,24H,5-7,9-10H2,1-4H3/t16-/m0/s1. The third-order valence-electron chi connectivity index (χ3n) is 4.57. The van der Waals surface area contributed by atoms with Crippen LogP contribution in [0.4, 0.5) is 0 Å². The molecular formula is C16H27N7O. The number of hydrogen-bond acceptors (Lipinski definition) is 6. The number of β-amino-alcohol motifs (C(OH)–C–C–N with tert-alkyl or cyclic N) is 1. The molecule has 1 saturated heterocycles. The summed E-state index contributed by atoms with van der Waals surface area (Å²) in [5.41, 5.74) is -0.292. The minimum Gasteiger partial charge on any atom is -0.382 e. The van der Waals surface area contributed by atoms with Crippen LogP contribution in [0, 0.1) is 0 Å². The molecule has 2 aromatic heterocycles. The van der Waals surface area contributed by atoms with Gasteiger partial charge in [0.1, 0.15) is 23.4 Å². The summed E-state index contributed by atoms with van der Waals surface area (Å²) >= 11 is 0. The number of hydrogen-bond donors (Lipinski definition) is 1. The molecule has 0 spiro atoms. The molecular weight excluding hydrogens is 306 g/mol. The van der Waals surface area contributed by atoms with Crippen LogP contribution >= 0.6 is 0 Å². The van der Waals surface area contributed by atoms with Gasteiger partial charge in [0, 0.05) is 18.6 Å². The Morgan fingerprint density at radius 3 is 2.71 bits per heavy atom. The highest BCUT2D eigenvalue weighted by atomic mass is 16.3. The first-order valence-electron chi connectivity index (χ1n) is 8.64. The van der Waals surface area contributed by atoms with Crippen molar-refractivity contribution < 1.29 is 5.11 Å². The van der Waals surface area contributed by atoms with Gasteiger partial charge < -0.3 is 5.11 Å². The summed E-state index contributed by atoms with van der Waals surface area (Å²) in [6.07, 6.45) is 5.09. The predicted octanol–water partition coefficient (Wildman–Crippen LogP) is 1.51. The predicted molar refractivity (Wildman–Crippen MR) is 89.2 cm³/mol. The van der Waals surface area contributed by atoms with E-state index in [1.807, 2.05) is 10.9 Å². The van der Waals surface area contributed by atoms with Crippen molar-refractivity contribution in [2.24, 2.45) is 0 Å². The zero-order valence-electron chi connectivity index (χ0n) is 14.9. The first kappa shape index (κ1) is 17.0. The van der Waals surface area contributed by atoms with Crippen LogP contribution in [0.2, 0.25) is 0 Å². The highest BCUT2D eigenvalue weighted by Crippen LogP contribution is 2.31. The zero-order valence-corrected chi connectivity index (χ0v) is 14.9. The lowest BCUT2D eigenvalue weighted by Gasteiger charge is -2.37. The Morgan fingerprint density at radius 1 is 1.25 bits per heavy atom. The quantitative estimate of drug-likeness (QED) is 0.893. The first-order chi connectivity index (χ1) is 11.4. The fourth-order valence-electron chi connectivity index (χ4n) is 3.23. The van der Waals surface area contributed by atoms with Crippen LogP contribution in [-0.4, -0.2) is 52.9 Å². The van der Waals surface area contributed by atoms with E-state index in [1.165, 1.54) is 0 Å². The van der Waals surface area contributed by atoms with E-state index >= 15 is 0 Å². The molecule has 0 unspecified atom stereocenters. The zero-order chi connectivity index (χ0) is 17.3. The van der Waals surface area contributed by atoms with Crippen molar-refractivity contribution in [2.75, 3.05) is 13.1 Å². The van der Waals surface area contributed by atoms with Crippen LogP contribution in [0.3, 0.4) is 0 Å². The molecule has 0 amide bonds. The van der Waals surface area contributed by atoms with Gasteiger partial charge in [-0.3, -0.25) is 4.90 Å². The van der Waals surface area contributed by atoms with Gasteiger partial charge >= 0.3 is 0 Å². The largest absolute Gasteiger partial charge is 0.382 e. The molecule has 0 saturated carbocycles. The highest BCUT2D eigenvalue weighted by molar-refractivity contribution is 5.10. The van der Waals surface area contributed by atoms with Gasteiger partial charge in [0.2, 0.25) is 0 Å². The molecule has 0 aromatic carbocycles. The average molecular weight is 333 g/mol. The monoisotopic (exact) mass is 333 g/mol. The fourth-order valence-corrected chi connectivity index (χ4v) is 3.23. The van der Waals surface area contributed by atoms with Crippen LogP contribution in [0.15, 0.2) is 12.5 Å². The van der Waals surface area contributed by atoms with Gasteiger partial charge in [0.25, 0.3) is 0 Å². The molecule has 3 heterocycles. The van der Waals surface area contributed by atoms with E-state index in [0.29, 0.717) is 25.2 Å². The van der Waals surface area contributed by atoms with Gasteiger partial charge in [-0.25, -0.2) is 14.3 Å². The number of rotatable bonds is 5. The molecule has 8 heteroatoms. The number of likely N-dealkylation sites (tertiary alicyclic amines) is 1. The lowest BCUT2D eigenvalue weighted by molar-refractivity contribution is -0.0424. The smallest absolute Gasteiger partial charge is 0.141 e. The van der Waals surface area contributed by atoms with Gasteiger partial charge in [-0.05, 0) is 47.1 Å². The van der Waals surface area contributed by atoms with Crippen LogP contribution in [0.1, 0.15) is 64.1 Å². The van der Waals surface area contributed by atoms with Gasteiger partial charge in [0.15, 0.2) is 0 Å². The number of aromatic nitrogens is 6. The van der Waals surface area contributed by atoms with E-state index in [9.17, 15) is 5.11 Å². The second-order valence-electron chi connectivity index (χ2n) is 7.24. The van der Waals surface area contributed by atoms with Crippen molar-refractivity contribution in [3.8, 4) is 0 Å². The van der Waals surface area contributed by atoms with Crippen molar-refractivity contribution in [3.63, 3.8) is 0 Å².